The van der Waals surface area contributed by atoms with E-state index in [0.29, 0.717) is 5.69 Å². The van der Waals surface area contributed by atoms with Crippen molar-refractivity contribution >= 4 is 15.7 Å². The van der Waals surface area contributed by atoms with Crippen LogP contribution < -0.4 is 9.62 Å². The van der Waals surface area contributed by atoms with Crippen LogP contribution in [0.5, 0.6) is 0 Å². The maximum absolute atomic E-state index is 13.8. The molecule has 2 aliphatic rings. The van der Waals surface area contributed by atoms with Gasteiger partial charge in [0.2, 0.25) is 10.0 Å². The van der Waals surface area contributed by atoms with Crippen molar-refractivity contribution in [2.75, 3.05) is 10.8 Å². The highest BCUT2D eigenvalue weighted by molar-refractivity contribution is 7.94. The molecule has 0 saturated carbocycles. The quantitative estimate of drug-likeness (QED) is 0.855. The van der Waals surface area contributed by atoms with Gasteiger partial charge in [-0.15, -0.1) is 0 Å². The molecule has 0 aromatic heterocycles. The predicted molar refractivity (Wildman–Crippen MR) is 90.5 cm³/mol. The smallest absolute Gasteiger partial charge is 0.241 e. The summed E-state index contributed by atoms with van der Waals surface area (Å²) in [5, 5.41) is 3.40. The Labute approximate surface area is 138 Å². The molecule has 0 bridgehead atoms. The van der Waals surface area contributed by atoms with Gasteiger partial charge in [0.05, 0.1) is 16.0 Å². The second-order valence-electron chi connectivity index (χ2n) is 7.49. The maximum Gasteiger partial charge on any atom is 0.241 e. The largest absolute Gasteiger partial charge is 0.314 e. The highest BCUT2D eigenvalue weighted by Gasteiger charge is 2.65. The molecule has 0 radical (unpaired) electrons. The van der Waals surface area contributed by atoms with Crippen LogP contribution in [0.25, 0.3) is 0 Å². The molecule has 2 saturated heterocycles. The molecule has 0 aliphatic carbocycles. The van der Waals surface area contributed by atoms with E-state index in [9.17, 15) is 12.8 Å². The average molecular weight is 340 g/mol. The second kappa shape index (κ2) is 5.18. The average Bonchev–Trinajstić information content (AvgIpc) is 2.55. The summed E-state index contributed by atoms with van der Waals surface area (Å²) in [6.45, 7) is 8.45. The minimum Gasteiger partial charge on any atom is -0.314 e. The van der Waals surface area contributed by atoms with Crippen molar-refractivity contribution in [1.29, 1.82) is 0 Å². The lowest BCUT2D eigenvalue weighted by molar-refractivity contribution is 0.190. The standard InChI is InChI=1S/C17H25FN2O2S/c1-12-11-17(8-9-19-12)13(2)16(3,4)23(21,22)20(17)15-7-5-6-14(18)10-15/h5-7,10,12-13,19H,8-9,11H2,1-4H3. The van der Waals surface area contributed by atoms with Gasteiger partial charge in [0.25, 0.3) is 0 Å². The summed E-state index contributed by atoms with van der Waals surface area (Å²) in [4.78, 5) is 0. The third-order valence-electron chi connectivity index (χ3n) is 5.91. The summed E-state index contributed by atoms with van der Waals surface area (Å²) in [6.07, 6.45) is 1.46. The van der Waals surface area contributed by atoms with Crippen molar-refractivity contribution in [3.05, 3.63) is 30.1 Å². The number of sulfonamides is 1. The van der Waals surface area contributed by atoms with Gasteiger partial charge in [0, 0.05) is 12.0 Å². The summed E-state index contributed by atoms with van der Waals surface area (Å²) in [7, 11) is -3.58. The summed E-state index contributed by atoms with van der Waals surface area (Å²) in [5.41, 5.74) is -0.0580. The number of nitrogens with zero attached hydrogens (tertiary/aromatic N) is 1. The molecule has 1 aromatic rings. The summed E-state index contributed by atoms with van der Waals surface area (Å²) in [6, 6.07) is 6.18. The van der Waals surface area contributed by atoms with Crippen LogP contribution in [-0.2, 0) is 10.0 Å². The van der Waals surface area contributed by atoms with E-state index in [1.54, 1.807) is 26.0 Å². The highest BCUT2D eigenvalue weighted by atomic mass is 32.2. The number of rotatable bonds is 1. The Hall–Kier alpha value is -1.14. The summed E-state index contributed by atoms with van der Waals surface area (Å²) < 4.78 is 41.0. The minimum absolute atomic E-state index is 0.0483. The van der Waals surface area contributed by atoms with Crippen molar-refractivity contribution in [2.24, 2.45) is 5.92 Å². The molecular weight excluding hydrogens is 315 g/mol. The van der Waals surface area contributed by atoms with Gasteiger partial charge in [0.15, 0.2) is 0 Å². The van der Waals surface area contributed by atoms with Gasteiger partial charge in [-0.1, -0.05) is 13.0 Å². The zero-order valence-corrected chi connectivity index (χ0v) is 15.0. The van der Waals surface area contributed by atoms with E-state index in [-0.39, 0.29) is 12.0 Å². The first kappa shape index (κ1) is 16.7. The van der Waals surface area contributed by atoms with E-state index >= 15 is 0 Å². The molecule has 2 aliphatic heterocycles. The molecule has 2 heterocycles. The molecule has 1 N–H and O–H groups in total. The van der Waals surface area contributed by atoms with Gasteiger partial charge in [0.1, 0.15) is 5.82 Å². The topological polar surface area (TPSA) is 49.4 Å². The summed E-state index contributed by atoms with van der Waals surface area (Å²) in [5.74, 6) is -0.458. The zero-order chi connectivity index (χ0) is 17.0. The molecule has 2 fully saturated rings. The van der Waals surface area contributed by atoms with Gasteiger partial charge < -0.3 is 5.32 Å². The number of hydrogen-bond donors (Lipinski definition) is 1. The van der Waals surface area contributed by atoms with Crippen LogP contribution in [0.15, 0.2) is 24.3 Å². The van der Waals surface area contributed by atoms with E-state index in [1.807, 2.05) is 6.92 Å². The normalized spacial score (nSPS) is 35.6. The summed E-state index contributed by atoms with van der Waals surface area (Å²) >= 11 is 0. The minimum atomic E-state index is -3.58. The number of anilines is 1. The third-order valence-corrected chi connectivity index (χ3v) is 8.65. The molecule has 3 unspecified atom stereocenters. The Kier molecular flexibility index (Phi) is 3.76. The third kappa shape index (κ3) is 2.22. The number of piperidine rings is 1. The zero-order valence-electron chi connectivity index (χ0n) is 14.1. The van der Waals surface area contributed by atoms with Crippen LogP contribution in [0.3, 0.4) is 0 Å². The maximum atomic E-state index is 13.8. The number of halogens is 1. The van der Waals surface area contributed by atoms with Gasteiger partial charge in [-0.25, -0.2) is 12.8 Å². The Bertz CT molecular complexity index is 719. The highest BCUT2D eigenvalue weighted by Crippen LogP contribution is 2.54. The molecule has 4 nitrogen and oxygen atoms in total. The van der Waals surface area contributed by atoms with E-state index in [0.717, 1.165) is 19.4 Å². The van der Waals surface area contributed by atoms with Crippen LogP contribution in [0.1, 0.15) is 40.5 Å². The second-order valence-corrected chi connectivity index (χ2v) is 9.85. The first-order valence-corrected chi connectivity index (χ1v) is 9.61. The fourth-order valence-corrected chi connectivity index (χ4v) is 6.67. The molecule has 128 valence electrons. The Morgan fingerprint density at radius 2 is 2.00 bits per heavy atom. The molecule has 3 atom stereocenters. The van der Waals surface area contributed by atoms with E-state index < -0.39 is 26.1 Å². The molecule has 0 amide bonds. The predicted octanol–water partition coefficient (Wildman–Crippen LogP) is 2.90. The van der Waals surface area contributed by atoms with Crippen molar-refractivity contribution in [1.82, 2.24) is 5.32 Å². The number of hydrogen-bond acceptors (Lipinski definition) is 3. The number of nitrogens with one attached hydrogen (secondary N) is 1. The first-order chi connectivity index (χ1) is 10.6. The lowest BCUT2D eigenvalue weighted by atomic mass is 9.70. The fraction of sp³-hybridized carbons (Fsp3) is 0.647. The Morgan fingerprint density at radius 3 is 2.61 bits per heavy atom. The van der Waals surface area contributed by atoms with E-state index in [2.05, 4.69) is 12.2 Å². The van der Waals surface area contributed by atoms with Crippen molar-refractivity contribution in [3.8, 4) is 0 Å². The van der Waals surface area contributed by atoms with Crippen LogP contribution in [0.2, 0.25) is 0 Å². The van der Waals surface area contributed by atoms with Crippen molar-refractivity contribution in [2.45, 2.75) is 56.9 Å². The van der Waals surface area contributed by atoms with Gasteiger partial charge in [-0.3, -0.25) is 4.31 Å². The van der Waals surface area contributed by atoms with Crippen molar-refractivity contribution < 1.29 is 12.8 Å². The Balaban J connectivity index is 2.23. The SMILES string of the molecule is CC1CC2(CCN1)C(C)C(C)(C)S(=O)(=O)N2c1cccc(F)c1. The monoisotopic (exact) mass is 340 g/mol. The van der Waals surface area contributed by atoms with Crippen LogP contribution in [0.4, 0.5) is 10.1 Å². The molecule has 3 rings (SSSR count). The fourth-order valence-electron chi connectivity index (χ4n) is 4.34. The molecule has 1 aromatic carbocycles. The van der Waals surface area contributed by atoms with Gasteiger partial charge >= 0.3 is 0 Å². The lowest BCUT2D eigenvalue weighted by Gasteiger charge is -2.46. The van der Waals surface area contributed by atoms with Crippen LogP contribution in [-0.4, -0.2) is 31.3 Å². The Morgan fingerprint density at radius 1 is 1.30 bits per heavy atom. The van der Waals surface area contributed by atoms with Crippen LogP contribution >= 0.6 is 0 Å². The van der Waals surface area contributed by atoms with E-state index in [1.165, 1.54) is 16.4 Å². The molecule has 1 spiro atoms. The van der Waals surface area contributed by atoms with Gasteiger partial charge in [-0.2, -0.15) is 0 Å². The first-order valence-electron chi connectivity index (χ1n) is 8.17. The molecule has 6 heteroatoms. The molecule has 23 heavy (non-hydrogen) atoms. The van der Waals surface area contributed by atoms with Gasteiger partial charge in [-0.05, 0) is 58.4 Å². The molecular formula is C17H25FN2O2S. The van der Waals surface area contributed by atoms with E-state index in [4.69, 9.17) is 0 Å². The van der Waals surface area contributed by atoms with Crippen molar-refractivity contribution in [3.63, 3.8) is 0 Å². The van der Waals surface area contributed by atoms with Crippen LogP contribution in [0, 0.1) is 11.7 Å². The lowest BCUT2D eigenvalue weighted by Crippen LogP contribution is -2.57. The number of benzene rings is 1.